The number of nitrogens with one attached hydrogen (secondary N) is 1. The van der Waals surface area contributed by atoms with Crippen molar-refractivity contribution in [1.29, 1.82) is 5.26 Å². The maximum atomic E-state index is 13.0. The van der Waals surface area contributed by atoms with Crippen molar-refractivity contribution < 1.29 is 33.5 Å². The van der Waals surface area contributed by atoms with Crippen molar-refractivity contribution in [1.82, 2.24) is 0 Å². The first kappa shape index (κ1) is 33.7. The Morgan fingerprint density at radius 1 is 0.976 bits per heavy atom. The zero-order valence-corrected chi connectivity index (χ0v) is 24.1. The third-order valence-electron chi connectivity index (χ3n) is 6.75. The van der Waals surface area contributed by atoms with Crippen molar-refractivity contribution in [3.8, 4) is 23.7 Å². The van der Waals surface area contributed by atoms with Crippen LogP contribution in [0.4, 0.5) is 5.69 Å². The summed E-state index contributed by atoms with van der Waals surface area (Å²) < 4.78 is 5.19. The normalized spacial score (nSPS) is 11.7. The van der Waals surface area contributed by atoms with Crippen molar-refractivity contribution >= 4 is 11.6 Å². The van der Waals surface area contributed by atoms with Gasteiger partial charge in [-0.25, -0.2) is 0 Å². The summed E-state index contributed by atoms with van der Waals surface area (Å²) in [4.78, 5) is 13.0. The van der Waals surface area contributed by atoms with Crippen LogP contribution in [0, 0.1) is 48.9 Å². The van der Waals surface area contributed by atoms with Gasteiger partial charge in [0.05, 0.1) is 12.7 Å². The van der Waals surface area contributed by atoms with Crippen LogP contribution in [0.2, 0.25) is 0 Å². The van der Waals surface area contributed by atoms with E-state index in [1.165, 1.54) is 0 Å². The van der Waals surface area contributed by atoms with Gasteiger partial charge in [0.2, 0.25) is 5.91 Å². The third kappa shape index (κ3) is 11.1. The Kier molecular flexibility index (Phi) is 15.5. The number of anilines is 1. The van der Waals surface area contributed by atoms with Crippen molar-refractivity contribution in [3.63, 3.8) is 0 Å². The third-order valence-corrected chi connectivity index (χ3v) is 6.75. The molecule has 0 radical (unpaired) electrons. The summed E-state index contributed by atoms with van der Waals surface area (Å²) in [6.07, 6.45) is 9.06. The van der Waals surface area contributed by atoms with E-state index in [1.807, 2.05) is 73.2 Å². The van der Waals surface area contributed by atoms with Gasteiger partial charge in [-0.2, -0.15) is 18.1 Å². The van der Waals surface area contributed by atoms with Crippen LogP contribution in [-0.2, 0) is 4.79 Å². The molecule has 0 aliphatic heterocycles. The molecular weight excluding hydrogens is 503 g/mol. The Hall–Kier alpha value is -3.46. The molecule has 0 spiro atoms. The fourth-order valence-corrected chi connectivity index (χ4v) is 4.48. The van der Waals surface area contributed by atoms with E-state index in [9.17, 15) is 15.2 Å². The number of hydrogen-bond donors (Lipinski definition) is 2. The van der Waals surface area contributed by atoms with Crippen LogP contribution in [0.25, 0.3) is 0 Å². The molecule has 0 aromatic heterocycles. The summed E-state index contributed by atoms with van der Waals surface area (Å²) in [6.45, 7) is 3.91. The molecule has 0 saturated carbocycles. The average molecular weight is 541 g/mol. The van der Waals surface area contributed by atoms with Gasteiger partial charge < -0.3 is 34.9 Å². The molecule has 3 rings (SSSR count). The Morgan fingerprint density at radius 2 is 1.66 bits per heavy atom. The van der Waals surface area contributed by atoms with Crippen LogP contribution in [0.3, 0.4) is 0 Å². The van der Waals surface area contributed by atoms with E-state index in [4.69, 9.17) is 4.74 Å². The molecule has 0 aliphatic carbocycles. The predicted octanol–water partition coefficient (Wildman–Crippen LogP) is 3.88. The maximum absolute atomic E-state index is 13.0. The van der Waals surface area contributed by atoms with Gasteiger partial charge in [-0.1, -0.05) is 55.6 Å². The standard InChI is InChI=1S/C35H37N2O3.Li/c1-3-4-9-31(35(39)37-33-20-22-34(40-2)23-21-33)12-7-5-11-29(24-25-38)30-18-15-27(16-19-30)14-17-28-10-6-8-13-32(28)26-36;/h6,8,10-11,13,15-16,18-24,29,31,38H,1,3-5,7,9,12,25H2,2H3,(H,37,39);/q-3;+1/t29-,31?;/m1./s1. The van der Waals surface area contributed by atoms with Gasteiger partial charge in [0.15, 0.2) is 0 Å². The minimum Gasteiger partial charge on any atom is -0.497 e. The van der Waals surface area contributed by atoms with Gasteiger partial charge in [0, 0.05) is 22.7 Å². The summed E-state index contributed by atoms with van der Waals surface area (Å²) in [5, 5.41) is 21.9. The van der Waals surface area contributed by atoms with Crippen molar-refractivity contribution in [3.05, 3.63) is 115 Å². The van der Waals surface area contributed by atoms with Crippen LogP contribution >= 0.6 is 0 Å². The summed E-state index contributed by atoms with van der Waals surface area (Å²) in [6, 6.07) is 24.8. The number of aliphatic hydroxyl groups excluding tert-OH is 1. The molecule has 0 fully saturated rings. The van der Waals surface area contributed by atoms with Crippen LogP contribution in [-0.4, -0.2) is 24.7 Å². The Balaban J connectivity index is 0.00000588. The van der Waals surface area contributed by atoms with E-state index >= 15 is 0 Å². The SMILES string of the molecule is [CH2-]CCCC(CCC[CH-][C@H]([CH-]CO)c1ccc(C#Cc2ccccc2C#N)cc1)C(=O)Nc1ccc(OC)cc1.[Li+]. The van der Waals surface area contributed by atoms with E-state index in [2.05, 4.69) is 36.6 Å². The van der Waals surface area contributed by atoms with E-state index in [0.717, 1.165) is 61.1 Å². The minimum atomic E-state index is -0.0819. The smallest absolute Gasteiger partial charge is 0.497 e. The number of benzene rings is 3. The molecule has 0 saturated heterocycles. The number of carbonyl (C=O) groups is 1. The van der Waals surface area contributed by atoms with Gasteiger partial charge in [-0.05, 0) is 61.4 Å². The second-order valence-electron chi connectivity index (χ2n) is 9.55. The first-order chi connectivity index (χ1) is 19.6. The Labute approximate surface area is 257 Å². The summed E-state index contributed by atoms with van der Waals surface area (Å²) in [5.74, 6) is 6.91. The number of aliphatic hydroxyl groups is 1. The number of methoxy groups -OCH3 is 1. The Bertz CT molecular complexity index is 1300. The van der Waals surface area contributed by atoms with Gasteiger partial charge in [0.25, 0.3) is 0 Å². The van der Waals surface area contributed by atoms with Crippen LogP contribution in [0.5, 0.6) is 5.75 Å². The van der Waals surface area contributed by atoms with Crippen LogP contribution < -0.4 is 28.9 Å². The molecule has 208 valence electrons. The van der Waals surface area contributed by atoms with Crippen molar-refractivity contribution in [2.24, 2.45) is 5.92 Å². The molecule has 0 aliphatic rings. The quantitative estimate of drug-likeness (QED) is 0.141. The molecule has 0 bridgehead atoms. The van der Waals surface area contributed by atoms with E-state index in [-0.39, 0.29) is 43.2 Å². The summed E-state index contributed by atoms with van der Waals surface area (Å²) in [5.41, 5.74) is 3.96. The molecule has 6 heteroatoms. The van der Waals surface area contributed by atoms with E-state index < -0.39 is 0 Å². The fraction of sp³-hybridized carbons (Fsp3) is 0.286. The molecule has 2 N–H and O–H groups in total. The molecule has 2 atom stereocenters. The second kappa shape index (κ2) is 18.8. The van der Waals surface area contributed by atoms with Gasteiger partial charge in [-0.15, -0.1) is 5.56 Å². The number of nitriles is 1. The first-order valence-corrected chi connectivity index (χ1v) is 13.7. The molecule has 1 amide bonds. The molecular formula is C35H37LiN2O3-2. The summed E-state index contributed by atoms with van der Waals surface area (Å²) >= 11 is 0. The Morgan fingerprint density at radius 3 is 2.29 bits per heavy atom. The van der Waals surface area contributed by atoms with Crippen LogP contribution in [0.15, 0.2) is 72.8 Å². The second-order valence-corrected chi connectivity index (χ2v) is 9.55. The van der Waals surface area contributed by atoms with E-state index in [1.54, 1.807) is 13.2 Å². The minimum absolute atomic E-state index is 0. The van der Waals surface area contributed by atoms with Gasteiger partial charge in [-0.3, -0.25) is 10.7 Å². The largest absolute Gasteiger partial charge is 1.00 e. The maximum Gasteiger partial charge on any atom is 1.00 e. The zero-order chi connectivity index (χ0) is 28.6. The molecule has 3 aromatic carbocycles. The van der Waals surface area contributed by atoms with Crippen molar-refractivity contribution in [2.75, 3.05) is 19.0 Å². The number of unbranched alkanes of at least 4 members (excludes halogenated alkanes) is 2. The average Bonchev–Trinajstić information content (AvgIpc) is 2.99. The zero-order valence-electron chi connectivity index (χ0n) is 24.1. The first-order valence-electron chi connectivity index (χ1n) is 13.7. The number of nitrogens with zero attached hydrogens (tertiary/aromatic N) is 1. The molecule has 0 heterocycles. The topological polar surface area (TPSA) is 82.3 Å². The van der Waals surface area contributed by atoms with Gasteiger partial charge in [0.1, 0.15) is 11.8 Å². The number of ether oxygens (including phenoxy) is 1. The number of amides is 1. The summed E-state index contributed by atoms with van der Waals surface area (Å²) in [7, 11) is 1.62. The van der Waals surface area contributed by atoms with Crippen molar-refractivity contribution in [2.45, 2.75) is 44.4 Å². The van der Waals surface area contributed by atoms with Gasteiger partial charge >= 0.3 is 18.9 Å². The fourth-order valence-electron chi connectivity index (χ4n) is 4.48. The predicted molar refractivity (Wildman–Crippen MR) is 160 cm³/mol. The number of carbonyl (C=O) groups excluding carboxylic acids is 1. The molecule has 3 aromatic rings. The number of rotatable bonds is 14. The molecule has 1 unspecified atom stereocenters. The number of hydrogen-bond acceptors (Lipinski definition) is 4. The van der Waals surface area contributed by atoms with Crippen LogP contribution in [0.1, 0.15) is 66.7 Å². The monoisotopic (exact) mass is 540 g/mol. The van der Waals surface area contributed by atoms with E-state index in [0.29, 0.717) is 11.1 Å². The molecule has 5 nitrogen and oxygen atoms in total. The molecule has 41 heavy (non-hydrogen) atoms.